The third kappa shape index (κ3) is 70.0. The Hall–Kier alpha value is -11.7. The predicted octanol–water partition coefficient (Wildman–Crippen LogP) is 46.1. The molecule has 0 amide bonds. The fraction of sp³-hybridized carbons (Fsp3) is 0.348. The van der Waals surface area contributed by atoms with Gasteiger partial charge < -0.3 is 0 Å². The summed E-state index contributed by atoms with van der Waals surface area (Å²) in [5.74, 6) is 0. The van der Waals surface area contributed by atoms with E-state index in [9.17, 15) is 0 Å². The van der Waals surface area contributed by atoms with E-state index in [0.29, 0.717) is 0 Å². The summed E-state index contributed by atoms with van der Waals surface area (Å²) in [4.78, 5) is 0. The normalized spacial score (nSPS) is 8.43. The van der Waals surface area contributed by atoms with E-state index in [1.54, 1.807) is 0 Å². The van der Waals surface area contributed by atoms with Gasteiger partial charge in [0.2, 0.25) is 0 Å². The van der Waals surface area contributed by atoms with E-state index >= 15 is 0 Å². The third-order valence-corrected chi connectivity index (χ3v) is 18.3. The molecular weight excluding hydrogens is 1660 g/mol. The van der Waals surface area contributed by atoms with Gasteiger partial charge in [-0.25, -0.2) is 0 Å². The van der Waals surface area contributed by atoms with Gasteiger partial charge in [-0.2, -0.15) is 0 Å². The molecule has 0 aliphatic rings. The molecule has 0 fully saturated rings. The van der Waals surface area contributed by atoms with Crippen molar-refractivity contribution >= 4 is 0 Å². The molecule has 0 bridgehead atoms. The third-order valence-electron chi connectivity index (χ3n) is 18.3. The van der Waals surface area contributed by atoms with Crippen molar-refractivity contribution in [3.05, 3.63) is 464 Å². The minimum atomic E-state index is 1.29. The monoisotopic (exact) mass is 1860 g/mol. The molecule has 756 valence electrons. The van der Waals surface area contributed by atoms with E-state index in [2.05, 4.69) is 489 Å². The van der Waals surface area contributed by atoms with Gasteiger partial charge in [-0.15, -0.1) is 0 Å². The summed E-state index contributed by atoms with van der Waals surface area (Å²) in [6.45, 7) is 98.1. The Morgan fingerprint density at radius 3 is 0.370 bits per heavy atom. The molecule has 0 heteroatoms. The Bertz CT molecular complexity index is 4740. The van der Waals surface area contributed by atoms with Gasteiger partial charge in [0.05, 0.1) is 0 Å². The molecule has 0 radical (unpaired) electrons. The molecule has 15 aromatic rings. The lowest BCUT2D eigenvalue weighted by molar-refractivity contribution is 1.34. The van der Waals surface area contributed by atoms with Crippen LogP contribution in [0.4, 0.5) is 0 Å². The quantitative estimate of drug-likeness (QED) is 0.156. The second kappa shape index (κ2) is 101. The summed E-state index contributed by atoms with van der Waals surface area (Å²) >= 11 is 0. The molecule has 0 nitrogen and oxygen atoms in total. The molecular formula is C138H204. The van der Waals surface area contributed by atoms with Crippen LogP contribution in [0.15, 0.2) is 364 Å². The number of benzene rings is 15. The van der Waals surface area contributed by atoms with Crippen LogP contribution in [0.3, 0.4) is 0 Å². The summed E-state index contributed by atoms with van der Waals surface area (Å²) in [6.07, 6.45) is 0. The summed E-state index contributed by atoms with van der Waals surface area (Å²) in [7, 11) is 0. The van der Waals surface area contributed by atoms with Crippen LogP contribution in [0.5, 0.6) is 0 Å². The van der Waals surface area contributed by atoms with E-state index in [0.717, 1.165) is 0 Å². The van der Waals surface area contributed by atoms with Crippen molar-refractivity contribution in [3.63, 3.8) is 0 Å². The Balaban J connectivity index is -0.000000188. The van der Waals surface area contributed by atoms with Crippen molar-refractivity contribution in [2.45, 2.75) is 332 Å². The average Bonchev–Trinajstić information content (AvgIpc) is 0.858. The van der Waals surface area contributed by atoms with Crippen LogP contribution >= 0.6 is 0 Å². The fourth-order valence-corrected chi connectivity index (χ4v) is 11.7. The molecule has 0 aromatic heterocycles. The van der Waals surface area contributed by atoms with E-state index < -0.39 is 0 Å². The van der Waals surface area contributed by atoms with E-state index in [4.69, 9.17) is 0 Å². The van der Waals surface area contributed by atoms with Gasteiger partial charge in [0.25, 0.3) is 0 Å². The molecule has 0 unspecified atom stereocenters. The van der Waals surface area contributed by atoms with E-state index in [-0.39, 0.29) is 0 Å². The maximum atomic E-state index is 2.22. The highest BCUT2D eigenvalue weighted by Crippen LogP contribution is 2.27. The zero-order valence-corrected chi connectivity index (χ0v) is 97.6. The van der Waals surface area contributed by atoms with E-state index in [1.165, 1.54) is 167 Å². The first-order valence-electron chi connectivity index (χ1n) is 52.8. The molecule has 0 saturated carbocycles. The molecule has 0 N–H and O–H groups in total. The van der Waals surface area contributed by atoms with Crippen LogP contribution in [-0.2, 0) is 0 Å². The molecule has 15 rings (SSSR count). The van der Waals surface area contributed by atoms with Crippen molar-refractivity contribution < 1.29 is 0 Å². The van der Waals surface area contributed by atoms with Crippen LogP contribution in [0.1, 0.15) is 308 Å². The summed E-state index contributed by atoms with van der Waals surface area (Å²) < 4.78 is 0. The highest BCUT2D eigenvalue weighted by molar-refractivity contribution is 5.70. The maximum Gasteiger partial charge on any atom is -0.0155 e. The van der Waals surface area contributed by atoms with Crippen LogP contribution in [0.25, 0.3) is 66.8 Å². The standard InChI is InChI=1S/6C14H14.3C8H10.15C2H6/c1-11-3-7-13(8-4-11)14-9-5-12(2)6-10-14;2*1-11-5-3-7-13(9-11)14-8-4-6-12(2)10-14;2*1-11-6-8-13(9-7-11)14-5-3-4-12(2)10-14;1-11-7-9-13(10-8-11)14-6-4-3-5-12(14)2;1-7-3-5-8(2)6-4-7;1-7-4-3-5-8(2)6-7;1-7-5-3-4-6-8(7)2;15*1-2/h6*3-10H,1-2H3;3*3-6H,1-2H3;15*1-2H3. The molecule has 138 heavy (non-hydrogen) atoms. The number of aryl methyl sites for hydroxylation is 18. The smallest absolute Gasteiger partial charge is 0.0155 e. The SMILES string of the molecule is CC.CC.CC.CC.CC.CC.CC.CC.CC.CC.CC.CC.CC.CC.CC.Cc1ccc(-c2ccc(C)cc2)cc1.Cc1ccc(-c2cccc(C)c2)cc1.Cc1ccc(-c2cccc(C)c2)cc1.Cc1ccc(-c2ccccc2C)cc1.Cc1ccc(C)cc1.Cc1cccc(-c2cccc(C)c2)c1.Cc1cccc(-c2cccc(C)c2)c1.Cc1cccc(C)c1.Cc1ccccc1C. The van der Waals surface area contributed by atoms with Crippen LogP contribution < -0.4 is 0 Å². The van der Waals surface area contributed by atoms with Crippen LogP contribution in [0, 0.1) is 125 Å². The molecule has 0 aliphatic carbocycles. The van der Waals surface area contributed by atoms with Crippen LogP contribution in [-0.4, -0.2) is 0 Å². The minimum absolute atomic E-state index is 1.29. The molecule has 0 heterocycles. The first kappa shape index (κ1) is 144. The van der Waals surface area contributed by atoms with Gasteiger partial charge in [0.1, 0.15) is 0 Å². The number of rotatable bonds is 6. The molecule has 0 atom stereocenters. The second-order valence-electron chi connectivity index (χ2n) is 28.8. The van der Waals surface area contributed by atoms with Crippen molar-refractivity contribution in [1.29, 1.82) is 0 Å². The molecule has 0 aliphatic heterocycles. The first-order chi connectivity index (χ1) is 66.9. The van der Waals surface area contributed by atoms with Crippen molar-refractivity contribution in [1.82, 2.24) is 0 Å². The maximum absolute atomic E-state index is 2.22. The lowest BCUT2D eigenvalue weighted by Gasteiger charge is -2.05. The average molecular weight is 1860 g/mol. The Labute approximate surface area is 857 Å². The number of hydrogen-bond acceptors (Lipinski definition) is 0. The first-order valence-corrected chi connectivity index (χ1v) is 52.8. The Kier molecular flexibility index (Phi) is 106. The van der Waals surface area contributed by atoms with Gasteiger partial charge in [-0.1, -0.05) is 655 Å². The van der Waals surface area contributed by atoms with Gasteiger partial charge in [0, 0.05) is 0 Å². The van der Waals surface area contributed by atoms with Gasteiger partial charge in [-0.05, 0) is 208 Å². The number of hydrogen-bond donors (Lipinski definition) is 0. The van der Waals surface area contributed by atoms with Crippen molar-refractivity contribution in [2.75, 3.05) is 0 Å². The highest BCUT2D eigenvalue weighted by atomic mass is 14.1. The second-order valence-corrected chi connectivity index (χ2v) is 28.8. The van der Waals surface area contributed by atoms with Gasteiger partial charge in [-0.3, -0.25) is 0 Å². The van der Waals surface area contributed by atoms with Crippen molar-refractivity contribution in [3.8, 4) is 66.8 Å². The Morgan fingerprint density at radius 2 is 0.217 bits per heavy atom. The summed E-state index contributed by atoms with van der Waals surface area (Å²) in [5.41, 5.74) is 39.4. The van der Waals surface area contributed by atoms with Crippen molar-refractivity contribution in [2.24, 2.45) is 0 Å². The van der Waals surface area contributed by atoms with Gasteiger partial charge in [0.15, 0.2) is 0 Å². The molecule has 0 saturated heterocycles. The summed E-state index contributed by atoms with van der Waals surface area (Å²) in [5, 5.41) is 0. The fourth-order valence-electron chi connectivity index (χ4n) is 11.7. The van der Waals surface area contributed by atoms with Gasteiger partial charge >= 0.3 is 0 Å². The van der Waals surface area contributed by atoms with E-state index in [1.807, 2.05) is 208 Å². The topological polar surface area (TPSA) is 0 Å². The summed E-state index contributed by atoms with van der Waals surface area (Å²) in [6, 6.07) is 129. The Morgan fingerprint density at radius 1 is 0.0870 bits per heavy atom. The lowest BCUT2D eigenvalue weighted by atomic mass is 10.00. The molecule has 15 aromatic carbocycles. The molecule has 0 spiro atoms. The lowest BCUT2D eigenvalue weighted by Crippen LogP contribution is -1.82. The zero-order chi connectivity index (χ0) is 108. The largest absolute Gasteiger partial charge is 0.0683 e. The predicted molar refractivity (Wildman–Crippen MR) is 646 cm³/mol. The minimum Gasteiger partial charge on any atom is -0.0683 e. The zero-order valence-electron chi connectivity index (χ0n) is 97.6. The van der Waals surface area contributed by atoms with Crippen LogP contribution in [0.2, 0.25) is 0 Å². The highest BCUT2D eigenvalue weighted by Gasteiger charge is 2.03.